The maximum Gasteiger partial charge on any atom is 0.252 e. The van der Waals surface area contributed by atoms with E-state index < -0.39 is 0 Å². The van der Waals surface area contributed by atoms with Crippen LogP contribution in [0.2, 0.25) is 0 Å². The lowest BCUT2D eigenvalue weighted by Crippen LogP contribution is -2.61. The van der Waals surface area contributed by atoms with Gasteiger partial charge in [0.25, 0.3) is 6.71 Å². The quantitative estimate of drug-likeness (QED) is 0.113. The first-order chi connectivity index (χ1) is 33.8. The highest BCUT2D eigenvalue weighted by Crippen LogP contribution is 2.51. The molecule has 0 amide bonds. The minimum Gasteiger partial charge on any atom is -0.311 e. The number of aryl methyl sites for hydroxylation is 2. The van der Waals surface area contributed by atoms with Crippen molar-refractivity contribution in [3.63, 3.8) is 0 Å². The molecule has 11 rings (SSSR count). The molecule has 3 heteroatoms. The number of hydrogen-bond acceptors (Lipinski definition) is 2. The van der Waals surface area contributed by atoms with Crippen LogP contribution in [-0.4, -0.2) is 6.71 Å². The van der Waals surface area contributed by atoms with Gasteiger partial charge in [-0.3, -0.25) is 0 Å². The summed E-state index contributed by atoms with van der Waals surface area (Å²) >= 11 is 0. The molecule has 9 aromatic carbocycles. The molecule has 0 N–H and O–H groups in total. The largest absolute Gasteiger partial charge is 0.311 e. The van der Waals surface area contributed by atoms with Crippen molar-refractivity contribution in [1.82, 2.24) is 0 Å². The number of nitrogens with zero attached hydrogens (tertiary/aromatic N) is 2. The second-order valence-electron chi connectivity index (χ2n) is 20.1. The van der Waals surface area contributed by atoms with E-state index in [0.717, 1.165) is 38.5 Å². The van der Waals surface area contributed by atoms with Crippen molar-refractivity contribution in [2.24, 2.45) is 0 Å². The molecular formula is C66H61BN2. The van der Waals surface area contributed by atoms with Crippen LogP contribution in [0, 0.1) is 0 Å². The summed E-state index contributed by atoms with van der Waals surface area (Å²) in [7, 11) is 0. The highest BCUT2D eigenvalue weighted by atomic mass is 15.2. The average molecular weight is 893 g/mol. The second kappa shape index (κ2) is 18.6. The zero-order valence-corrected chi connectivity index (χ0v) is 40.8. The Morgan fingerprint density at radius 3 is 1.14 bits per heavy atom. The minimum absolute atomic E-state index is 0.0557. The summed E-state index contributed by atoms with van der Waals surface area (Å²) < 4.78 is 0. The molecule has 0 aliphatic carbocycles. The molecule has 0 bridgehead atoms. The highest BCUT2D eigenvalue weighted by Gasteiger charge is 2.45. The zero-order chi connectivity index (χ0) is 47.1. The lowest BCUT2D eigenvalue weighted by molar-refractivity contribution is 0.590. The number of anilines is 6. The van der Waals surface area contributed by atoms with Gasteiger partial charge in [-0.25, -0.2) is 0 Å². The van der Waals surface area contributed by atoms with Gasteiger partial charge in [-0.15, -0.1) is 0 Å². The van der Waals surface area contributed by atoms with E-state index in [0.29, 0.717) is 0 Å². The van der Waals surface area contributed by atoms with Crippen molar-refractivity contribution < 1.29 is 0 Å². The smallest absolute Gasteiger partial charge is 0.252 e. The molecule has 0 atom stereocenters. The maximum atomic E-state index is 2.70. The monoisotopic (exact) mass is 892 g/mol. The molecule has 0 saturated heterocycles. The third kappa shape index (κ3) is 8.08. The molecule has 2 nitrogen and oxygen atoms in total. The van der Waals surface area contributed by atoms with Crippen molar-refractivity contribution in [3.8, 4) is 44.5 Å². The van der Waals surface area contributed by atoms with Crippen LogP contribution in [-0.2, 0) is 18.3 Å². The minimum atomic E-state index is -0.152. The van der Waals surface area contributed by atoms with Gasteiger partial charge in [-0.2, -0.15) is 0 Å². The van der Waals surface area contributed by atoms with E-state index in [1.807, 2.05) is 0 Å². The van der Waals surface area contributed by atoms with Gasteiger partial charge in [-0.05, 0) is 122 Å². The summed E-state index contributed by atoms with van der Waals surface area (Å²) in [6.07, 6.45) is 6.46. The Kier molecular flexibility index (Phi) is 11.9. The number of para-hydroxylation sites is 2. The van der Waals surface area contributed by atoms with Crippen LogP contribution in [0.4, 0.5) is 34.1 Å². The molecule has 2 aliphatic rings. The molecule has 9 aromatic rings. The first-order valence-corrected chi connectivity index (χ1v) is 25.3. The van der Waals surface area contributed by atoms with E-state index >= 15 is 0 Å². The molecule has 0 spiro atoms. The van der Waals surface area contributed by atoms with E-state index in [2.05, 4.69) is 251 Å². The average Bonchev–Trinajstić information content (AvgIpc) is 3.40. The number of fused-ring (bicyclic) bond motifs is 4. The van der Waals surface area contributed by atoms with Crippen molar-refractivity contribution in [2.75, 3.05) is 9.80 Å². The summed E-state index contributed by atoms with van der Waals surface area (Å²) in [5, 5.41) is 0. The van der Waals surface area contributed by atoms with E-state index in [1.54, 1.807) is 0 Å². The molecule has 2 aliphatic heterocycles. The number of rotatable bonds is 12. The number of unbranched alkanes of at least 4 members (excludes halogenated alkanes) is 2. The predicted octanol–water partition coefficient (Wildman–Crippen LogP) is 16.4. The van der Waals surface area contributed by atoms with Crippen LogP contribution in [0.3, 0.4) is 0 Å². The van der Waals surface area contributed by atoms with Crippen LogP contribution >= 0.6 is 0 Å². The Labute approximate surface area is 411 Å². The lowest BCUT2D eigenvalue weighted by atomic mass is 9.33. The Morgan fingerprint density at radius 1 is 0.377 bits per heavy atom. The number of hydrogen-bond donors (Lipinski definition) is 0. The topological polar surface area (TPSA) is 6.48 Å². The molecule has 2 heterocycles. The Bertz CT molecular complexity index is 3070. The fourth-order valence-electron chi connectivity index (χ4n) is 11.1. The van der Waals surface area contributed by atoms with Crippen molar-refractivity contribution in [3.05, 3.63) is 223 Å². The predicted molar refractivity (Wildman–Crippen MR) is 298 cm³/mol. The number of benzene rings is 9. The first-order valence-electron chi connectivity index (χ1n) is 25.3. The Morgan fingerprint density at radius 2 is 0.768 bits per heavy atom. The van der Waals surface area contributed by atoms with Gasteiger partial charge in [0.1, 0.15) is 0 Å². The molecule has 0 unspecified atom stereocenters. The lowest BCUT2D eigenvalue weighted by Gasteiger charge is -2.46. The summed E-state index contributed by atoms with van der Waals surface area (Å²) in [5.74, 6) is 0. The molecular weight excluding hydrogens is 832 g/mol. The third-order valence-electron chi connectivity index (χ3n) is 14.6. The molecule has 0 fully saturated rings. The highest BCUT2D eigenvalue weighted by molar-refractivity contribution is 7.00. The summed E-state index contributed by atoms with van der Waals surface area (Å²) in [4.78, 5) is 5.40. The Balaban J connectivity index is 1.31. The first kappa shape index (κ1) is 44.2. The van der Waals surface area contributed by atoms with Crippen LogP contribution in [0.5, 0.6) is 0 Å². The van der Waals surface area contributed by atoms with Gasteiger partial charge in [0, 0.05) is 33.9 Å². The zero-order valence-electron chi connectivity index (χ0n) is 40.8. The van der Waals surface area contributed by atoms with Gasteiger partial charge in [-0.1, -0.05) is 229 Å². The summed E-state index contributed by atoms with van der Waals surface area (Å²) in [6.45, 7) is 11.7. The van der Waals surface area contributed by atoms with E-state index in [-0.39, 0.29) is 12.1 Å². The van der Waals surface area contributed by atoms with Crippen molar-refractivity contribution >= 4 is 57.2 Å². The van der Waals surface area contributed by atoms with Gasteiger partial charge in [0.15, 0.2) is 0 Å². The fraction of sp³-hybridized carbons (Fsp3) is 0.182. The van der Waals surface area contributed by atoms with Crippen LogP contribution in [0.25, 0.3) is 44.5 Å². The maximum absolute atomic E-state index is 2.70. The van der Waals surface area contributed by atoms with Crippen LogP contribution in [0.15, 0.2) is 206 Å². The van der Waals surface area contributed by atoms with Gasteiger partial charge >= 0.3 is 0 Å². The van der Waals surface area contributed by atoms with E-state index in [4.69, 9.17) is 0 Å². The van der Waals surface area contributed by atoms with Crippen molar-refractivity contribution in [1.29, 1.82) is 0 Å². The van der Waals surface area contributed by atoms with Crippen LogP contribution in [0.1, 0.15) is 77.0 Å². The SMILES string of the molecule is CCCCc1cccc(-c2ccccc2)c1N1c2ccc(-c3ccccc3)cc2B2c3cc(-c4ccccc4)ccc3N(c3c(CCCC)cccc3-c3ccccc3)c3cc(C(C)(C)C)cc1c32. The molecule has 0 saturated carbocycles. The van der Waals surface area contributed by atoms with Gasteiger partial charge < -0.3 is 9.80 Å². The summed E-state index contributed by atoms with van der Waals surface area (Å²) in [5.41, 5.74) is 25.4. The molecule has 0 aromatic heterocycles. The van der Waals surface area contributed by atoms with E-state index in [1.165, 1.54) is 112 Å². The fourth-order valence-corrected chi connectivity index (χ4v) is 11.1. The van der Waals surface area contributed by atoms with Crippen LogP contribution < -0.4 is 26.2 Å². The summed E-state index contributed by atoms with van der Waals surface area (Å²) in [6, 6.07) is 78.0. The Hall–Kier alpha value is -7.36. The molecule has 69 heavy (non-hydrogen) atoms. The third-order valence-corrected chi connectivity index (χ3v) is 14.6. The van der Waals surface area contributed by atoms with Crippen molar-refractivity contribution in [2.45, 2.75) is 78.6 Å². The second-order valence-corrected chi connectivity index (χ2v) is 20.1. The molecule has 0 radical (unpaired) electrons. The van der Waals surface area contributed by atoms with Gasteiger partial charge in [0.2, 0.25) is 0 Å². The normalized spacial score (nSPS) is 12.7. The standard InChI is InChI=1S/C66H61BN2/c1-6-8-24-50-34-22-36-55(48-30-18-12-19-31-48)64(50)68-59-40-38-52(46-26-14-10-15-27-46)42-57(59)67-58-43-53(47-28-16-11-17-29-47)39-41-60(58)69(62-45-54(66(3,4)5)44-61(68)63(62)67)65-51(25-9-7-2)35-23-37-56(65)49-32-20-13-21-33-49/h10-23,26-45H,6-9,24-25H2,1-5H3. The molecule has 338 valence electrons. The van der Waals surface area contributed by atoms with E-state index in [9.17, 15) is 0 Å². The van der Waals surface area contributed by atoms with Gasteiger partial charge in [0.05, 0.1) is 11.4 Å².